The Kier molecular flexibility index (Phi) is 3.60. The third kappa shape index (κ3) is 3.29. The van der Waals surface area contributed by atoms with Gasteiger partial charge < -0.3 is 10.2 Å². The Balaban J connectivity index is 2.04. The molecule has 0 aliphatic heterocycles. The van der Waals surface area contributed by atoms with Crippen LogP contribution in [0.15, 0.2) is 18.3 Å². The van der Waals surface area contributed by atoms with Crippen LogP contribution in [0.5, 0.6) is 0 Å². The maximum Gasteiger partial charge on any atom is 0.251 e. The Morgan fingerprint density at radius 2 is 2.22 bits per heavy atom. The van der Waals surface area contributed by atoms with Gasteiger partial charge in [0.1, 0.15) is 0 Å². The lowest BCUT2D eigenvalue weighted by atomic mass is 10.2. The van der Waals surface area contributed by atoms with Gasteiger partial charge in [-0.1, -0.05) is 0 Å². The van der Waals surface area contributed by atoms with E-state index < -0.39 is 0 Å². The maximum absolute atomic E-state index is 11.8. The second kappa shape index (κ2) is 5.16. The predicted molar refractivity (Wildman–Crippen MR) is 66.9 cm³/mol. The average Bonchev–Trinajstić information content (AvgIpc) is 3.13. The van der Waals surface area contributed by atoms with Crippen molar-refractivity contribution in [2.75, 3.05) is 7.05 Å². The van der Waals surface area contributed by atoms with Gasteiger partial charge in [-0.2, -0.15) is 0 Å². The zero-order valence-electron chi connectivity index (χ0n) is 10.6. The van der Waals surface area contributed by atoms with Gasteiger partial charge in [-0.05, 0) is 25.0 Å². The first-order valence-corrected chi connectivity index (χ1v) is 6.04. The number of carbonyl (C=O) groups is 2. The summed E-state index contributed by atoms with van der Waals surface area (Å²) in [6.07, 6.45) is 3.73. The molecule has 96 valence electrons. The van der Waals surface area contributed by atoms with E-state index in [4.69, 9.17) is 0 Å². The zero-order valence-corrected chi connectivity index (χ0v) is 10.6. The lowest BCUT2D eigenvalue weighted by Crippen LogP contribution is -2.26. The van der Waals surface area contributed by atoms with Crippen molar-refractivity contribution in [3.8, 4) is 0 Å². The number of amides is 2. The maximum atomic E-state index is 11.8. The SMILES string of the molecule is CC(=O)N(C)Cc1cc(C(=O)NC2CC2)ccn1. The van der Waals surface area contributed by atoms with Gasteiger partial charge in [0.05, 0.1) is 12.2 Å². The standard InChI is InChI=1S/C13H17N3O2/c1-9(17)16(2)8-12-7-10(5-6-14-12)13(18)15-11-3-4-11/h5-7,11H,3-4,8H2,1-2H3,(H,15,18). The van der Waals surface area contributed by atoms with Crippen LogP contribution in [0.4, 0.5) is 0 Å². The second-order valence-corrected chi connectivity index (χ2v) is 4.66. The summed E-state index contributed by atoms with van der Waals surface area (Å²) in [6.45, 7) is 1.92. The summed E-state index contributed by atoms with van der Waals surface area (Å²) in [4.78, 5) is 28.7. The minimum absolute atomic E-state index is 0.0235. The van der Waals surface area contributed by atoms with Crippen molar-refractivity contribution in [2.24, 2.45) is 0 Å². The summed E-state index contributed by atoms with van der Waals surface area (Å²) in [7, 11) is 1.71. The van der Waals surface area contributed by atoms with E-state index in [9.17, 15) is 9.59 Å². The van der Waals surface area contributed by atoms with E-state index >= 15 is 0 Å². The predicted octanol–water partition coefficient (Wildman–Crippen LogP) is 0.952. The summed E-state index contributed by atoms with van der Waals surface area (Å²) < 4.78 is 0. The van der Waals surface area contributed by atoms with Crippen molar-refractivity contribution in [3.63, 3.8) is 0 Å². The van der Waals surface area contributed by atoms with E-state index in [2.05, 4.69) is 10.3 Å². The molecule has 1 saturated carbocycles. The summed E-state index contributed by atoms with van der Waals surface area (Å²) in [5.41, 5.74) is 1.32. The molecular formula is C13H17N3O2. The van der Waals surface area contributed by atoms with E-state index in [0.717, 1.165) is 18.5 Å². The quantitative estimate of drug-likeness (QED) is 0.861. The number of nitrogens with zero attached hydrogens (tertiary/aromatic N) is 2. The number of aromatic nitrogens is 1. The molecule has 1 N–H and O–H groups in total. The van der Waals surface area contributed by atoms with Gasteiger partial charge in [-0.25, -0.2) is 0 Å². The molecule has 5 nitrogen and oxygen atoms in total. The van der Waals surface area contributed by atoms with Crippen LogP contribution in [0.1, 0.15) is 35.8 Å². The van der Waals surface area contributed by atoms with Crippen molar-refractivity contribution in [1.82, 2.24) is 15.2 Å². The summed E-state index contributed by atoms with van der Waals surface area (Å²) in [6, 6.07) is 3.76. The number of nitrogens with one attached hydrogen (secondary N) is 1. The van der Waals surface area contributed by atoms with Gasteiger partial charge >= 0.3 is 0 Å². The molecular weight excluding hydrogens is 230 g/mol. The van der Waals surface area contributed by atoms with Crippen molar-refractivity contribution < 1.29 is 9.59 Å². The number of rotatable bonds is 4. The fraction of sp³-hybridized carbons (Fsp3) is 0.462. The molecule has 0 unspecified atom stereocenters. The van der Waals surface area contributed by atoms with E-state index in [1.165, 1.54) is 6.92 Å². The first-order chi connectivity index (χ1) is 8.56. The van der Waals surface area contributed by atoms with Crippen LogP contribution in [0, 0.1) is 0 Å². The largest absolute Gasteiger partial charge is 0.349 e. The monoisotopic (exact) mass is 247 g/mol. The first-order valence-electron chi connectivity index (χ1n) is 6.04. The highest BCUT2D eigenvalue weighted by Crippen LogP contribution is 2.19. The van der Waals surface area contributed by atoms with Crippen LogP contribution in [-0.4, -0.2) is 34.8 Å². The third-order valence-corrected chi connectivity index (χ3v) is 2.93. The first kappa shape index (κ1) is 12.5. The normalized spacial score (nSPS) is 14.1. The van der Waals surface area contributed by atoms with Crippen molar-refractivity contribution in [1.29, 1.82) is 0 Å². The van der Waals surface area contributed by atoms with Crippen molar-refractivity contribution in [3.05, 3.63) is 29.6 Å². The Morgan fingerprint density at radius 3 is 2.83 bits per heavy atom. The van der Waals surface area contributed by atoms with Gasteiger partial charge in [0, 0.05) is 31.8 Å². The Labute approximate surface area is 106 Å². The van der Waals surface area contributed by atoms with Crippen LogP contribution >= 0.6 is 0 Å². The molecule has 1 aliphatic carbocycles. The zero-order chi connectivity index (χ0) is 13.1. The molecule has 2 rings (SSSR count). The van der Waals surface area contributed by atoms with E-state index in [0.29, 0.717) is 18.2 Å². The molecule has 1 aliphatic rings. The smallest absolute Gasteiger partial charge is 0.251 e. The summed E-state index contributed by atoms with van der Waals surface area (Å²) in [5.74, 6) is -0.0868. The lowest BCUT2D eigenvalue weighted by molar-refractivity contribution is -0.128. The number of hydrogen-bond acceptors (Lipinski definition) is 3. The molecule has 0 bridgehead atoms. The van der Waals surface area contributed by atoms with Crippen molar-refractivity contribution in [2.45, 2.75) is 32.4 Å². The Morgan fingerprint density at radius 1 is 1.50 bits per heavy atom. The van der Waals surface area contributed by atoms with E-state index in [1.54, 1.807) is 30.3 Å². The van der Waals surface area contributed by atoms with Crippen LogP contribution in [-0.2, 0) is 11.3 Å². The van der Waals surface area contributed by atoms with Crippen molar-refractivity contribution >= 4 is 11.8 Å². The highest BCUT2D eigenvalue weighted by molar-refractivity contribution is 5.94. The Hall–Kier alpha value is -1.91. The van der Waals surface area contributed by atoms with Gasteiger partial charge in [0.25, 0.3) is 5.91 Å². The van der Waals surface area contributed by atoms with E-state index in [1.807, 2.05) is 0 Å². The van der Waals surface area contributed by atoms with Gasteiger partial charge in [0.2, 0.25) is 5.91 Å². The highest BCUT2D eigenvalue weighted by Gasteiger charge is 2.23. The Bertz CT molecular complexity index is 469. The number of hydrogen-bond donors (Lipinski definition) is 1. The van der Waals surface area contributed by atoms with Gasteiger partial charge in [-0.15, -0.1) is 0 Å². The fourth-order valence-corrected chi connectivity index (χ4v) is 1.56. The van der Waals surface area contributed by atoms with Crippen LogP contribution < -0.4 is 5.32 Å². The third-order valence-electron chi connectivity index (χ3n) is 2.93. The molecule has 0 spiro atoms. The summed E-state index contributed by atoms with van der Waals surface area (Å²) in [5, 5.41) is 2.93. The van der Waals surface area contributed by atoms with Gasteiger partial charge in [0.15, 0.2) is 0 Å². The van der Waals surface area contributed by atoms with Gasteiger partial charge in [-0.3, -0.25) is 14.6 Å². The molecule has 18 heavy (non-hydrogen) atoms. The molecule has 5 heteroatoms. The van der Waals surface area contributed by atoms with Crippen LogP contribution in [0.2, 0.25) is 0 Å². The summed E-state index contributed by atoms with van der Waals surface area (Å²) >= 11 is 0. The fourth-order valence-electron chi connectivity index (χ4n) is 1.56. The van der Waals surface area contributed by atoms with E-state index in [-0.39, 0.29) is 11.8 Å². The molecule has 0 aromatic carbocycles. The highest BCUT2D eigenvalue weighted by atomic mass is 16.2. The minimum Gasteiger partial charge on any atom is -0.349 e. The molecule has 2 amide bonds. The number of pyridine rings is 1. The number of carbonyl (C=O) groups excluding carboxylic acids is 2. The second-order valence-electron chi connectivity index (χ2n) is 4.66. The molecule has 1 aromatic heterocycles. The molecule has 1 heterocycles. The minimum atomic E-state index is -0.0633. The lowest BCUT2D eigenvalue weighted by Gasteiger charge is -2.14. The topological polar surface area (TPSA) is 62.3 Å². The van der Waals surface area contributed by atoms with Crippen LogP contribution in [0.25, 0.3) is 0 Å². The molecule has 1 fully saturated rings. The average molecular weight is 247 g/mol. The molecule has 0 saturated heterocycles. The molecule has 1 aromatic rings. The van der Waals surface area contributed by atoms with Crippen LogP contribution in [0.3, 0.4) is 0 Å². The molecule has 0 atom stereocenters. The molecule has 0 radical (unpaired) electrons.